The highest BCUT2D eigenvalue weighted by molar-refractivity contribution is 5.92. The van der Waals surface area contributed by atoms with Gasteiger partial charge in [-0.05, 0) is 48.6 Å². The topological polar surface area (TPSA) is 243 Å². The zero-order valence-corrected chi connectivity index (χ0v) is 43.3. The number of aliphatic hydroxyl groups excluding tert-OH is 1. The number of carbonyl (C=O) groups is 5. The van der Waals surface area contributed by atoms with Crippen LogP contribution in [0.5, 0.6) is 0 Å². The maximum absolute atomic E-state index is 14.6. The molecule has 2 rings (SSSR count). The number of nitrogens with zero attached hydrogens (tertiary/aromatic N) is 6. The summed E-state index contributed by atoms with van der Waals surface area (Å²) in [5.74, 6) is -3.16. The second-order valence-corrected chi connectivity index (χ2v) is 18.5. The Morgan fingerprint density at radius 1 is 0.826 bits per heavy atom. The van der Waals surface area contributed by atoms with Gasteiger partial charge in [0.1, 0.15) is 18.7 Å². The Morgan fingerprint density at radius 2 is 1.42 bits per heavy atom. The van der Waals surface area contributed by atoms with Crippen molar-refractivity contribution < 1.29 is 57.5 Å². The number of ether oxygens (including phenoxy) is 6. The van der Waals surface area contributed by atoms with E-state index in [0.717, 1.165) is 0 Å². The fourth-order valence-electron chi connectivity index (χ4n) is 8.80. The summed E-state index contributed by atoms with van der Waals surface area (Å²) in [6.45, 7) is 17.4. The molecule has 3 N–H and O–H groups in total. The average Bonchev–Trinajstić information content (AvgIpc) is 3.82. The van der Waals surface area contributed by atoms with Gasteiger partial charge in [-0.25, -0.2) is 0 Å². The van der Waals surface area contributed by atoms with Gasteiger partial charge in [0.15, 0.2) is 0 Å². The highest BCUT2D eigenvalue weighted by Gasteiger charge is 2.43. The van der Waals surface area contributed by atoms with E-state index >= 15 is 0 Å². The highest BCUT2D eigenvalue weighted by atomic mass is 16.6. The number of benzene rings is 1. The quantitative estimate of drug-likeness (QED) is 0.0382. The van der Waals surface area contributed by atoms with E-state index in [0.29, 0.717) is 64.4 Å². The Morgan fingerprint density at radius 3 is 1.96 bits per heavy atom. The molecule has 69 heavy (non-hydrogen) atoms. The molecule has 1 aromatic rings. The van der Waals surface area contributed by atoms with Crippen LogP contribution < -0.4 is 10.6 Å². The third-order valence-electron chi connectivity index (χ3n) is 12.9. The summed E-state index contributed by atoms with van der Waals surface area (Å²) >= 11 is 0. The van der Waals surface area contributed by atoms with Gasteiger partial charge in [0.05, 0.1) is 95.0 Å². The van der Waals surface area contributed by atoms with Crippen molar-refractivity contribution in [2.45, 2.75) is 130 Å². The number of likely N-dealkylation sites (tertiary alicyclic amines) is 1. The maximum Gasteiger partial charge on any atom is 0.249 e. The lowest BCUT2D eigenvalue weighted by Crippen LogP contribution is -2.60. The van der Waals surface area contributed by atoms with Gasteiger partial charge < -0.3 is 58.9 Å². The summed E-state index contributed by atoms with van der Waals surface area (Å²) < 4.78 is 33.8. The molecule has 1 aliphatic rings. The number of aliphatic hydroxyl groups is 1. The Bertz CT molecular complexity index is 1740. The van der Waals surface area contributed by atoms with Crippen LogP contribution in [0.2, 0.25) is 0 Å². The first-order valence-corrected chi connectivity index (χ1v) is 24.4. The smallest absolute Gasteiger partial charge is 0.249 e. The predicted octanol–water partition coefficient (Wildman–Crippen LogP) is 4.15. The lowest BCUT2D eigenvalue weighted by molar-refractivity contribution is -0.149. The van der Waals surface area contributed by atoms with Gasteiger partial charge in [-0.3, -0.25) is 24.0 Å². The van der Waals surface area contributed by atoms with Crippen LogP contribution in [-0.4, -0.2) is 186 Å². The molecule has 0 unspecified atom stereocenters. The van der Waals surface area contributed by atoms with Crippen LogP contribution in [0.4, 0.5) is 0 Å². The number of amides is 5. The van der Waals surface area contributed by atoms with E-state index in [1.54, 1.807) is 42.8 Å². The molecule has 1 aromatic carbocycles. The Balaban J connectivity index is 2.08. The molecule has 1 fully saturated rings. The van der Waals surface area contributed by atoms with Crippen molar-refractivity contribution >= 4 is 29.5 Å². The van der Waals surface area contributed by atoms with Gasteiger partial charge >= 0.3 is 0 Å². The molecular weight excluding hydrogens is 893 g/mol. The van der Waals surface area contributed by atoms with Crippen molar-refractivity contribution in [3.8, 4) is 0 Å². The van der Waals surface area contributed by atoms with Crippen LogP contribution in [0.1, 0.15) is 92.7 Å². The van der Waals surface area contributed by atoms with E-state index in [9.17, 15) is 29.1 Å². The van der Waals surface area contributed by atoms with Crippen LogP contribution in [0.3, 0.4) is 0 Å². The fraction of sp³-hybridized carbons (Fsp3) is 0.776. The van der Waals surface area contributed by atoms with Crippen molar-refractivity contribution in [1.29, 1.82) is 0 Å². The number of azide groups is 1. The lowest BCUT2D eigenvalue weighted by Gasteiger charge is -2.41. The van der Waals surface area contributed by atoms with Crippen molar-refractivity contribution in [2.75, 3.05) is 94.3 Å². The Kier molecular flexibility index (Phi) is 28.6. The molecule has 5 amide bonds. The van der Waals surface area contributed by atoms with Crippen molar-refractivity contribution in [2.24, 2.45) is 28.8 Å². The van der Waals surface area contributed by atoms with Crippen LogP contribution in [0.25, 0.3) is 10.4 Å². The molecule has 20 heteroatoms. The first kappa shape index (κ1) is 60.7. The van der Waals surface area contributed by atoms with Gasteiger partial charge in [-0.15, -0.1) is 0 Å². The van der Waals surface area contributed by atoms with E-state index < -0.39 is 66.3 Å². The molecule has 392 valence electrons. The minimum Gasteiger partial charge on any atom is -0.386 e. The molecule has 0 aromatic heterocycles. The zero-order chi connectivity index (χ0) is 51.6. The molecule has 0 bridgehead atoms. The largest absolute Gasteiger partial charge is 0.386 e. The third kappa shape index (κ3) is 19.4. The van der Waals surface area contributed by atoms with Gasteiger partial charge in [0.25, 0.3) is 0 Å². The van der Waals surface area contributed by atoms with Gasteiger partial charge in [-0.2, -0.15) is 0 Å². The summed E-state index contributed by atoms with van der Waals surface area (Å²) in [6.07, 6.45) is -0.281. The summed E-state index contributed by atoms with van der Waals surface area (Å²) in [7, 11) is 6.26. The number of likely N-dealkylation sites (N-methyl/N-ethyl adjacent to an activating group) is 2. The molecule has 0 spiro atoms. The number of carbonyl (C=O) groups excluding carboxylic acids is 5. The molecule has 0 saturated carbocycles. The van der Waals surface area contributed by atoms with Gasteiger partial charge in [-0.1, -0.05) is 90.3 Å². The lowest BCUT2D eigenvalue weighted by atomic mass is 9.89. The van der Waals surface area contributed by atoms with Crippen LogP contribution in [0, 0.1) is 23.7 Å². The minimum absolute atomic E-state index is 0.0421. The molecule has 0 aliphatic carbocycles. The Hall–Kier alpha value is -4.40. The van der Waals surface area contributed by atoms with Crippen LogP contribution in [-0.2, 0) is 52.4 Å². The highest BCUT2D eigenvalue weighted by Crippen LogP contribution is 2.30. The van der Waals surface area contributed by atoms with Crippen LogP contribution >= 0.6 is 0 Å². The number of rotatable bonds is 34. The molecular formula is C49H84N8O12. The second-order valence-electron chi connectivity index (χ2n) is 18.5. The summed E-state index contributed by atoms with van der Waals surface area (Å²) in [6, 6.07) is 5.72. The number of methoxy groups -OCH3 is 2. The number of hydrogen-bond donors (Lipinski definition) is 3. The molecule has 1 aliphatic heterocycles. The number of hydrogen-bond acceptors (Lipinski definition) is 13. The maximum atomic E-state index is 14.6. The first-order chi connectivity index (χ1) is 32.9. The normalized spacial score (nSPS) is 17.7. The Labute approximate surface area is 410 Å². The van der Waals surface area contributed by atoms with E-state index in [1.165, 1.54) is 26.2 Å². The molecule has 1 saturated heterocycles. The third-order valence-corrected chi connectivity index (χ3v) is 12.9. The predicted molar refractivity (Wildman–Crippen MR) is 261 cm³/mol. The van der Waals surface area contributed by atoms with Crippen molar-refractivity contribution in [1.82, 2.24) is 25.3 Å². The standard InChI is InChI=1S/C49H84N8O12/c1-13-34(6)44(39(64-11)30-40(58)57-22-17-20-38(57)46(65-12)35(7)47(61)52-36(8)45(60)37-18-15-14-16-19-37)56(10)49(63)42(32(2)3)53-48(62)43(33(4)5)55(9)41(59)31-69-29-28-68-27-26-67-25-24-66-23-21-51-54-50/h14-16,18-19,32-36,38-39,42-46,60H,13,17,20-31H2,1-12H3,(H,52,61)(H,53,62)/t34-,35+,36+,38-,39+,42-,43-,44-,45+,46+/m0/s1. The zero-order valence-electron chi connectivity index (χ0n) is 43.3. The average molecular weight is 977 g/mol. The van der Waals surface area contributed by atoms with Gasteiger partial charge in [0.2, 0.25) is 29.5 Å². The summed E-state index contributed by atoms with van der Waals surface area (Å²) in [5.41, 5.74) is 8.95. The fourth-order valence-corrected chi connectivity index (χ4v) is 8.80. The van der Waals surface area contributed by atoms with Crippen molar-refractivity contribution in [3.63, 3.8) is 0 Å². The SMILES string of the molecule is CC[C@H](C)[C@@H]([C@@H](CC(=O)N1CCC[C@H]1[C@H](OC)[C@@H](C)C(=O)N[C@H](C)[C@@H](O)c1ccccc1)OC)N(C)C(=O)[C@@H](NC(=O)[C@H](C(C)C)N(C)C(=O)COCCOCCOCCOCCN=[N+]=[N-])C(C)C. The first-order valence-electron chi connectivity index (χ1n) is 24.4. The molecule has 10 atom stereocenters. The summed E-state index contributed by atoms with van der Waals surface area (Å²) in [5, 5.41) is 20.2. The van der Waals surface area contributed by atoms with Gasteiger partial charge in [0, 0.05) is 46.3 Å². The molecule has 1 heterocycles. The van der Waals surface area contributed by atoms with E-state index in [-0.39, 0.29) is 68.3 Å². The van der Waals surface area contributed by atoms with Crippen molar-refractivity contribution in [3.05, 3.63) is 46.3 Å². The molecule has 0 radical (unpaired) electrons. The minimum atomic E-state index is -0.962. The second kappa shape index (κ2) is 32.5. The van der Waals surface area contributed by atoms with Crippen LogP contribution in [0.15, 0.2) is 35.4 Å². The monoisotopic (exact) mass is 977 g/mol. The molecule has 20 nitrogen and oxygen atoms in total. The van der Waals surface area contributed by atoms with E-state index in [1.807, 2.05) is 59.7 Å². The summed E-state index contributed by atoms with van der Waals surface area (Å²) in [4.78, 5) is 77.2. The van der Waals surface area contributed by atoms with E-state index in [2.05, 4.69) is 20.7 Å². The number of nitrogens with one attached hydrogen (secondary N) is 2. The van der Waals surface area contributed by atoms with E-state index in [4.69, 9.17) is 34.0 Å².